The third-order valence-corrected chi connectivity index (χ3v) is 3.69. The Kier molecular flexibility index (Phi) is 3.15. The molecule has 1 aliphatic rings. The van der Waals surface area contributed by atoms with Gasteiger partial charge in [-0.15, -0.1) is 0 Å². The molecule has 4 nitrogen and oxygen atoms in total. The number of nitrogens with zero attached hydrogens (tertiary/aromatic N) is 2. The van der Waals surface area contributed by atoms with Crippen LogP contribution in [0.4, 0.5) is 13.2 Å². The van der Waals surface area contributed by atoms with E-state index in [1.807, 2.05) is 0 Å². The molecule has 0 spiro atoms. The van der Waals surface area contributed by atoms with Gasteiger partial charge in [-0.3, -0.25) is 9.20 Å². The van der Waals surface area contributed by atoms with Gasteiger partial charge < -0.3 is 5.32 Å². The van der Waals surface area contributed by atoms with Crippen LogP contribution in [0.15, 0.2) is 18.3 Å². The highest BCUT2D eigenvalue weighted by Crippen LogP contribution is 2.32. The second-order valence-electron chi connectivity index (χ2n) is 5.34. The summed E-state index contributed by atoms with van der Waals surface area (Å²) in [7, 11) is 0. The number of aryl methyl sites for hydroxylation is 1. The number of alkyl halides is 3. The number of nitrogens with one attached hydrogen (secondary N) is 1. The average Bonchev–Trinajstić information content (AvgIpc) is 2.72. The van der Waals surface area contributed by atoms with Gasteiger partial charge in [0.25, 0.3) is 5.91 Å². The molecule has 7 heteroatoms. The van der Waals surface area contributed by atoms with Crippen molar-refractivity contribution in [2.45, 2.75) is 38.4 Å². The van der Waals surface area contributed by atoms with Gasteiger partial charge in [0.15, 0.2) is 5.69 Å². The molecule has 1 N–H and O–H groups in total. The number of carbonyl (C=O) groups excluding carboxylic acids is 1. The average molecular weight is 297 g/mol. The number of hydrogen-bond donors (Lipinski definition) is 1. The van der Waals surface area contributed by atoms with Crippen molar-refractivity contribution in [2.24, 2.45) is 0 Å². The van der Waals surface area contributed by atoms with Crippen LogP contribution < -0.4 is 5.32 Å². The topological polar surface area (TPSA) is 46.4 Å². The summed E-state index contributed by atoms with van der Waals surface area (Å²) < 4.78 is 40.6. The Balaban J connectivity index is 2.11. The molecule has 112 valence electrons. The summed E-state index contributed by atoms with van der Waals surface area (Å²) in [5.74, 6) is -0.717. The van der Waals surface area contributed by atoms with Gasteiger partial charge in [0.05, 0.1) is 0 Å². The lowest BCUT2D eigenvalue weighted by Gasteiger charge is -2.26. The van der Waals surface area contributed by atoms with Crippen molar-refractivity contribution in [3.05, 3.63) is 35.3 Å². The Morgan fingerprint density at radius 1 is 1.38 bits per heavy atom. The Labute approximate surface area is 119 Å². The van der Waals surface area contributed by atoms with Crippen LogP contribution in [0.3, 0.4) is 0 Å². The predicted octanol–water partition coefficient (Wildman–Crippen LogP) is 2.94. The number of hydrogen-bond acceptors (Lipinski definition) is 2. The summed E-state index contributed by atoms with van der Waals surface area (Å²) in [6.07, 6.45) is -0.561. The van der Waals surface area contributed by atoms with E-state index in [1.165, 1.54) is 16.7 Å². The molecule has 0 bridgehead atoms. The summed E-state index contributed by atoms with van der Waals surface area (Å²) in [6.45, 7) is 1.75. The smallest absolute Gasteiger partial charge is 0.348 e. The van der Waals surface area contributed by atoms with E-state index in [0.29, 0.717) is 0 Å². The number of imidazole rings is 1. The van der Waals surface area contributed by atoms with E-state index in [-0.39, 0.29) is 11.7 Å². The number of rotatable bonds is 2. The number of halogens is 3. The second kappa shape index (κ2) is 4.75. The van der Waals surface area contributed by atoms with Crippen molar-refractivity contribution in [1.29, 1.82) is 0 Å². The Morgan fingerprint density at radius 2 is 2.10 bits per heavy atom. The number of aromatic nitrogens is 2. The Bertz CT molecular complexity index is 701. The van der Waals surface area contributed by atoms with Gasteiger partial charge in [-0.25, -0.2) is 4.98 Å². The van der Waals surface area contributed by atoms with E-state index in [2.05, 4.69) is 10.3 Å². The van der Waals surface area contributed by atoms with Gasteiger partial charge in [0.1, 0.15) is 11.3 Å². The maximum absolute atomic E-state index is 13.1. The van der Waals surface area contributed by atoms with E-state index in [9.17, 15) is 18.0 Å². The molecular weight excluding hydrogens is 283 g/mol. The van der Waals surface area contributed by atoms with Crippen LogP contribution in [0.25, 0.3) is 5.65 Å². The molecule has 0 atom stereocenters. The third-order valence-electron chi connectivity index (χ3n) is 3.69. The predicted molar refractivity (Wildman–Crippen MR) is 70.0 cm³/mol. The summed E-state index contributed by atoms with van der Waals surface area (Å²) in [4.78, 5) is 15.8. The molecule has 0 aromatic carbocycles. The number of pyridine rings is 1. The van der Waals surface area contributed by atoms with Crippen molar-refractivity contribution in [3.63, 3.8) is 0 Å². The molecule has 0 saturated heterocycles. The zero-order valence-corrected chi connectivity index (χ0v) is 11.4. The van der Waals surface area contributed by atoms with E-state index in [0.717, 1.165) is 24.8 Å². The summed E-state index contributed by atoms with van der Waals surface area (Å²) in [6, 6.07) is 3.11. The minimum absolute atomic E-state index is 0.0334. The lowest BCUT2D eigenvalue weighted by atomic mass is 9.93. The van der Waals surface area contributed by atoms with E-state index < -0.39 is 23.5 Å². The van der Waals surface area contributed by atoms with Crippen LogP contribution in [-0.4, -0.2) is 21.3 Å². The van der Waals surface area contributed by atoms with Crippen molar-refractivity contribution < 1.29 is 18.0 Å². The molecule has 3 rings (SSSR count). The van der Waals surface area contributed by atoms with Gasteiger partial charge in [-0.05, 0) is 37.8 Å². The molecule has 2 aromatic rings. The molecule has 1 saturated carbocycles. The van der Waals surface area contributed by atoms with Crippen molar-refractivity contribution in [2.75, 3.05) is 0 Å². The van der Waals surface area contributed by atoms with Crippen LogP contribution in [-0.2, 0) is 6.18 Å². The van der Waals surface area contributed by atoms with Crippen LogP contribution >= 0.6 is 0 Å². The van der Waals surface area contributed by atoms with E-state index in [4.69, 9.17) is 0 Å². The van der Waals surface area contributed by atoms with Crippen LogP contribution in [0.2, 0.25) is 0 Å². The SMILES string of the molecule is Cc1ccc2nc(C(F)(F)F)c(C(=O)NC3CCC3)n2c1. The second-order valence-corrected chi connectivity index (χ2v) is 5.34. The van der Waals surface area contributed by atoms with Crippen LogP contribution in [0.5, 0.6) is 0 Å². The van der Waals surface area contributed by atoms with Crippen molar-refractivity contribution in [3.8, 4) is 0 Å². The van der Waals surface area contributed by atoms with Gasteiger partial charge in [0.2, 0.25) is 0 Å². The molecule has 0 unspecified atom stereocenters. The number of amides is 1. The monoisotopic (exact) mass is 297 g/mol. The highest BCUT2D eigenvalue weighted by atomic mass is 19.4. The summed E-state index contributed by atoms with van der Waals surface area (Å²) in [5, 5.41) is 2.64. The molecule has 21 heavy (non-hydrogen) atoms. The fourth-order valence-electron chi connectivity index (χ4n) is 2.37. The van der Waals surface area contributed by atoms with Gasteiger partial charge in [0, 0.05) is 12.2 Å². The Hall–Kier alpha value is -2.05. The van der Waals surface area contributed by atoms with Crippen LogP contribution in [0, 0.1) is 6.92 Å². The number of carbonyl (C=O) groups is 1. The summed E-state index contributed by atoms with van der Waals surface area (Å²) >= 11 is 0. The highest BCUT2D eigenvalue weighted by molar-refractivity contribution is 5.95. The fraction of sp³-hybridized carbons (Fsp3) is 0.429. The zero-order valence-electron chi connectivity index (χ0n) is 11.4. The molecule has 0 aliphatic heterocycles. The van der Waals surface area contributed by atoms with Crippen LogP contribution in [0.1, 0.15) is 41.0 Å². The quantitative estimate of drug-likeness (QED) is 0.926. The van der Waals surface area contributed by atoms with Gasteiger partial charge in [-0.1, -0.05) is 6.07 Å². The van der Waals surface area contributed by atoms with E-state index >= 15 is 0 Å². The first-order valence-electron chi connectivity index (χ1n) is 6.73. The Morgan fingerprint density at radius 3 is 2.67 bits per heavy atom. The lowest BCUT2D eigenvalue weighted by molar-refractivity contribution is -0.141. The molecule has 0 radical (unpaired) electrons. The highest BCUT2D eigenvalue weighted by Gasteiger charge is 2.40. The zero-order chi connectivity index (χ0) is 15.2. The maximum Gasteiger partial charge on any atom is 0.435 e. The summed E-state index contributed by atoms with van der Waals surface area (Å²) in [5.41, 5.74) is -0.698. The first-order chi connectivity index (χ1) is 9.86. The molecule has 2 aromatic heterocycles. The minimum atomic E-state index is -4.66. The normalized spacial score (nSPS) is 16.0. The van der Waals surface area contributed by atoms with Gasteiger partial charge in [-0.2, -0.15) is 13.2 Å². The van der Waals surface area contributed by atoms with Crippen molar-refractivity contribution >= 4 is 11.6 Å². The largest absolute Gasteiger partial charge is 0.435 e. The molecule has 1 aliphatic carbocycles. The van der Waals surface area contributed by atoms with Gasteiger partial charge >= 0.3 is 6.18 Å². The van der Waals surface area contributed by atoms with E-state index in [1.54, 1.807) is 13.0 Å². The molecule has 1 amide bonds. The van der Waals surface area contributed by atoms with Crippen molar-refractivity contribution in [1.82, 2.24) is 14.7 Å². The minimum Gasteiger partial charge on any atom is -0.348 e. The fourth-order valence-corrected chi connectivity index (χ4v) is 2.37. The first-order valence-corrected chi connectivity index (χ1v) is 6.73. The molecule has 2 heterocycles. The first kappa shape index (κ1) is 13.9. The molecule has 1 fully saturated rings. The third kappa shape index (κ3) is 2.48. The maximum atomic E-state index is 13.1. The standard InChI is InChI=1S/C14H14F3N3O/c1-8-5-6-10-19-12(14(15,16)17)11(20(10)7-8)13(21)18-9-3-2-4-9/h5-7,9H,2-4H2,1H3,(H,18,21). The number of fused-ring (bicyclic) bond motifs is 1. The molecular formula is C14H14F3N3O. The lowest BCUT2D eigenvalue weighted by Crippen LogP contribution is -2.40.